The number of hydrogen-bond donors (Lipinski definition) is 2. The third-order valence-electron chi connectivity index (χ3n) is 2.72. The highest BCUT2D eigenvalue weighted by molar-refractivity contribution is 6.31. The smallest absolute Gasteiger partial charge is 0.257 e. The maximum Gasteiger partial charge on any atom is 0.257 e. The van der Waals surface area contributed by atoms with E-state index in [0.717, 1.165) is 5.69 Å². The molecule has 3 nitrogen and oxygen atoms in total. The number of rotatable bonds is 4. The van der Waals surface area contributed by atoms with Gasteiger partial charge in [0.15, 0.2) is 0 Å². The molecule has 0 aliphatic heterocycles. The maximum atomic E-state index is 13.1. The van der Waals surface area contributed by atoms with Crippen LogP contribution in [0.5, 0.6) is 0 Å². The molecule has 2 aromatic carbocycles. The van der Waals surface area contributed by atoms with E-state index in [1.165, 1.54) is 18.2 Å². The minimum Gasteiger partial charge on any atom is -0.385 e. The summed E-state index contributed by atoms with van der Waals surface area (Å²) in [5.41, 5.74) is 1.73. The highest BCUT2D eigenvalue weighted by Crippen LogP contribution is 2.21. The number of nitrogens with one attached hydrogen (secondary N) is 2. The lowest BCUT2D eigenvalue weighted by Crippen LogP contribution is -2.14. The predicted molar refractivity (Wildman–Crippen MR) is 80.0 cm³/mol. The summed E-state index contributed by atoms with van der Waals surface area (Å²) in [6.07, 6.45) is 0. The van der Waals surface area contributed by atoms with Crippen molar-refractivity contribution < 1.29 is 9.18 Å². The Kier molecular flexibility index (Phi) is 4.58. The number of carbonyl (C=O) groups excluding carboxylic acids is 1. The molecule has 0 saturated heterocycles. The first kappa shape index (κ1) is 14.3. The molecule has 0 saturated carbocycles. The monoisotopic (exact) mass is 292 g/mol. The molecule has 2 rings (SSSR count). The fourth-order valence-corrected chi connectivity index (χ4v) is 1.98. The van der Waals surface area contributed by atoms with Gasteiger partial charge in [-0.3, -0.25) is 4.79 Å². The lowest BCUT2D eigenvalue weighted by Gasteiger charge is -2.11. The van der Waals surface area contributed by atoms with Crippen molar-refractivity contribution in [3.05, 3.63) is 58.9 Å². The SMILES string of the molecule is CCNc1ccccc1C(=O)Nc1ccc(F)c(Cl)c1. The second-order valence-electron chi connectivity index (χ2n) is 4.16. The largest absolute Gasteiger partial charge is 0.385 e. The molecule has 0 radical (unpaired) electrons. The van der Waals surface area contributed by atoms with Crippen molar-refractivity contribution in [2.45, 2.75) is 6.92 Å². The first-order valence-electron chi connectivity index (χ1n) is 6.21. The van der Waals surface area contributed by atoms with E-state index in [0.29, 0.717) is 17.8 Å². The Morgan fingerprint density at radius 1 is 1.25 bits per heavy atom. The first-order chi connectivity index (χ1) is 9.61. The molecule has 104 valence electrons. The topological polar surface area (TPSA) is 41.1 Å². The Hall–Kier alpha value is -2.07. The van der Waals surface area contributed by atoms with Gasteiger partial charge in [-0.2, -0.15) is 0 Å². The molecule has 5 heteroatoms. The van der Waals surface area contributed by atoms with E-state index >= 15 is 0 Å². The predicted octanol–water partition coefficient (Wildman–Crippen LogP) is 4.16. The average molecular weight is 293 g/mol. The lowest BCUT2D eigenvalue weighted by molar-refractivity contribution is 0.102. The van der Waals surface area contributed by atoms with Crippen molar-refractivity contribution in [1.29, 1.82) is 0 Å². The summed E-state index contributed by atoms with van der Waals surface area (Å²) in [4.78, 5) is 12.2. The zero-order valence-corrected chi connectivity index (χ0v) is 11.7. The summed E-state index contributed by atoms with van der Waals surface area (Å²) in [5, 5.41) is 5.79. The van der Waals surface area contributed by atoms with Crippen LogP contribution in [-0.2, 0) is 0 Å². The molecule has 0 fully saturated rings. The summed E-state index contributed by atoms with van der Waals surface area (Å²) in [7, 11) is 0. The van der Waals surface area contributed by atoms with E-state index in [9.17, 15) is 9.18 Å². The van der Waals surface area contributed by atoms with E-state index in [4.69, 9.17) is 11.6 Å². The number of benzene rings is 2. The number of amides is 1. The Balaban J connectivity index is 2.21. The molecule has 0 spiro atoms. The number of para-hydroxylation sites is 1. The highest BCUT2D eigenvalue weighted by Gasteiger charge is 2.11. The normalized spacial score (nSPS) is 10.2. The van der Waals surface area contributed by atoms with Crippen molar-refractivity contribution >= 4 is 28.9 Å². The fraction of sp³-hybridized carbons (Fsp3) is 0.133. The van der Waals surface area contributed by atoms with E-state index < -0.39 is 5.82 Å². The van der Waals surface area contributed by atoms with Gasteiger partial charge in [0.1, 0.15) is 5.82 Å². The molecule has 2 aromatic rings. The van der Waals surface area contributed by atoms with Gasteiger partial charge in [-0.25, -0.2) is 4.39 Å². The van der Waals surface area contributed by atoms with Gasteiger partial charge in [-0.15, -0.1) is 0 Å². The number of carbonyl (C=O) groups is 1. The third kappa shape index (κ3) is 3.27. The van der Waals surface area contributed by atoms with Gasteiger partial charge in [0.2, 0.25) is 0 Å². The number of hydrogen-bond acceptors (Lipinski definition) is 2. The zero-order valence-electron chi connectivity index (χ0n) is 10.9. The minimum atomic E-state index is -0.516. The molecule has 0 aliphatic rings. The van der Waals surface area contributed by atoms with Crippen LogP contribution in [0.25, 0.3) is 0 Å². The number of halogens is 2. The Labute approximate surface area is 121 Å². The highest BCUT2D eigenvalue weighted by atomic mass is 35.5. The van der Waals surface area contributed by atoms with Crippen LogP contribution in [0.15, 0.2) is 42.5 Å². The van der Waals surface area contributed by atoms with E-state index in [-0.39, 0.29) is 10.9 Å². The molecule has 2 N–H and O–H groups in total. The molecule has 0 unspecified atom stereocenters. The molecule has 0 atom stereocenters. The second-order valence-corrected chi connectivity index (χ2v) is 4.57. The molecule has 1 amide bonds. The van der Waals surface area contributed by atoms with Crippen molar-refractivity contribution in [2.24, 2.45) is 0 Å². The molecular formula is C15H14ClFN2O. The second kappa shape index (κ2) is 6.39. The summed E-state index contributed by atoms with van der Waals surface area (Å²) >= 11 is 5.69. The molecule has 0 aromatic heterocycles. The quantitative estimate of drug-likeness (QED) is 0.888. The Bertz CT molecular complexity index is 631. The summed E-state index contributed by atoms with van der Waals surface area (Å²) in [5.74, 6) is -0.790. The van der Waals surface area contributed by atoms with Gasteiger partial charge < -0.3 is 10.6 Å². The van der Waals surface area contributed by atoms with Gasteiger partial charge in [0.25, 0.3) is 5.91 Å². The summed E-state index contributed by atoms with van der Waals surface area (Å²) in [6, 6.07) is 11.2. The molecule has 0 aliphatic carbocycles. The molecular weight excluding hydrogens is 279 g/mol. The standard InChI is InChI=1S/C15H14ClFN2O/c1-2-18-14-6-4-3-5-11(14)15(20)19-10-7-8-13(17)12(16)9-10/h3-9,18H,2H2,1H3,(H,19,20). The Morgan fingerprint density at radius 3 is 2.70 bits per heavy atom. The van der Waals surface area contributed by atoms with Crippen molar-refractivity contribution in [2.75, 3.05) is 17.2 Å². The van der Waals surface area contributed by atoms with Crippen molar-refractivity contribution in [3.63, 3.8) is 0 Å². The lowest BCUT2D eigenvalue weighted by atomic mass is 10.1. The maximum absolute atomic E-state index is 13.1. The van der Waals surface area contributed by atoms with Gasteiger partial charge in [-0.1, -0.05) is 23.7 Å². The van der Waals surface area contributed by atoms with Gasteiger partial charge in [-0.05, 0) is 37.3 Å². The average Bonchev–Trinajstić information content (AvgIpc) is 2.44. The zero-order chi connectivity index (χ0) is 14.5. The van der Waals surface area contributed by atoms with E-state index in [2.05, 4.69) is 10.6 Å². The summed E-state index contributed by atoms with van der Waals surface area (Å²) in [6.45, 7) is 2.67. The Morgan fingerprint density at radius 2 is 2.00 bits per heavy atom. The third-order valence-corrected chi connectivity index (χ3v) is 3.01. The van der Waals surface area contributed by atoms with E-state index in [1.54, 1.807) is 12.1 Å². The van der Waals surface area contributed by atoms with Crippen LogP contribution < -0.4 is 10.6 Å². The fourth-order valence-electron chi connectivity index (χ4n) is 1.80. The van der Waals surface area contributed by atoms with E-state index in [1.807, 2.05) is 19.1 Å². The van der Waals surface area contributed by atoms with Gasteiger partial charge >= 0.3 is 0 Å². The number of anilines is 2. The van der Waals surface area contributed by atoms with Crippen LogP contribution in [0.3, 0.4) is 0 Å². The van der Waals surface area contributed by atoms with Crippen LogP contribution in [0.2, 0.25) is 5.02 Å². The van der Waals surface area contributed by atoms with Crippen LogP contribution in [0.4, 0.5) is 15.8 Å². The first-order valence-corrected chi connectivity index (χ1v) is 6.59. The van der Waals surface area contributed by atoms with Crippen molar-refractivity contribution in [1.82, 2.24) is 0 Å². The van der Waals surface area contributed by atoms with Crippen LogP contribution in [-0.4, -0.2) is 12.5 Å². The molecule has 20 heavy (non-hydrogen) atoms. The van der Waals surface area contributed by atoms with Crippen LogP contribution in [0, 0.1) is 5.82 Å². The van der Waals surface area contributed by atoms with Gasteiger partial charge in [0.05, 0.1) is 10.6 Å². The van der Waals surface area contributed by atoms with Crippen LogP contribution >= 0.6 is 11.6 Å². The van der Waals surface area contributed by atoms with Crippen LogP contribution in [0.1, 0.15) is 17.3 Å². The minimum absolute atomic E-state index is 0.0252. The van der Waals surface area contributed by atoms with Crippen molar-refractivity contribution in [3.8, 4) is 0 Å². The molecule has 0 bridgehead atoms. The summed E-state index contributed by atoms with van der Waals surface area (Å²) < 4.78 is 13.1. The molecule has 0 heterocycles. The van der Waals surface area contributed by atoms with Gasteiger partial charge in [0, 0.05) is 17.9 Å².